The zero-order valence-electron chi connectivity index (χ0n) is 20.5. The molecule has 1 aromatic carbocycles. The summed E-state index contributed by atoms with van der Waals surface area (Å²) >= 11 is 0. The smallest absolute Gasteiger partial charge is 0.408 e. The molecular weight excluding hydrogens is 455 g/mol. The third-order valence-corrected chi connectivity index (χ3v) is 4.98. The molecule has 1 aliphatic heterocycles. The van der Waals surface area contributed by atoms with Gasteiger partial charge in [0.15, 0.2) is 23.5 Å². The summed E-state index contributed by atoms with van der Waals surface area (Å²) in [4.78, 5) is 24.9. The molecule has 7 nitrogen and oxygen atoms in total. The van der Waals surface area contributed by atoms with Crippen LogP contribution in [0.5, 0.6) is 0 Å². The first kappa shape index (κ1) is 27.9. The van der Waals surface area contributed by atoms with Gasteiger partial charge >= 0.3 is 12.1 Å². The topological polar surface area (TPSA) is 83.1 Å². The van der Waals surface area contributed by atoms with E-state index in [1.54, 1.807) is 27.7 Å². The third kappa shape index (κ3) is 8.47. The third-order valence-electron chi connectivity index (χ3n) is 4.98. The molecule has 1 saturated heterocycles. The van der Waals surface area contributed by atoms with Crippen LogP contribution in [0.25, 0.3) is 0 Å². The lowest BCUT2D eigenvalue weighted by Crippen LogP contribution is -2.48. The summed E-state index contributed by atoms with van der Waals surface area (Å²) in [5.41, 5.74) is -0.550. The Balaban J connectivity index is 2.24. The van der Waals surface area contributed by atoms with Crippen molar-refractivity contribution in [3.8, 4) is 0 Å². The number of ether oxygens (including phenoxy) is 4. The van der Waals surface area contributed by atoms with Crippen LogP contribution < -0.4 is 5.32 Å². The number of hydrogen-bond acceptors (Lipinski definition) is 6. The Bertz CT molecular complexity index is 835. The second-order valence-electron chi connectivity index (χ2n) is 9.91. The molecule has 0 unspecified atom stereocenters. The molecule has 1 fully saturated rings. The number of amides is 1. The van der Waals surface area contributed by atoms with Crippen molar-refractivity contribution in [3.63, 3.8) is 0 Å². The normalized spacial score (nSPS) is 24.1. The van der Waals surface area contributed by atoms with Gasteiger partial charge in [-0.1, -0.05) is 13.8 Å². The van der Waals surface area contributed by atoms with E-state index in [0.29, 0.717) is 6.61 Å². The summed E-state index contributed by atoms with van der Waals surface area (Å²) in [6.45, 7) is 10.8. The number of benzene rings is 1. The molecule has 0 spiro atoms. The van der Waals surface area contributed by atoms with Crippen LogP contribution in [0.3, 0.4) is 0 Å². The maximum atomic E-state index is 13.8. The maximum Gasteiger partial charge on any atom is 0.408 e. The zero-order valence-corrected chi connectivity index (χ0v) is 20.5. The van der Waals surface area contributed by atoms with E-state index in [1.807, 2.05) is 13.8 Å². The van der Waals surface area contributed by atoms with E-state index in [4.69, 9.17) is 18.9 Å². The fourth-order valence-corrected chi connectivity index (χ4v) is 3.55. The van der Waals surface area contributed by atoms with Crippen LogP contribution in [0.2, 0.25) is 0 Å². The minimum atomic E-state index is -1.54. The number of esters is 1. The molecule has 0 radical (unpaired) electrons. The highest BCUT2D eigenvalue weighted by atomic mass is 19.2. The van der Waals surface area contributed by atoms with Gasteiger partial charge < -0.3 is 24.3 Å². The first-order chi connectivity index (χ1) is 15.8. The lowest BCUT2D eigenvalue weighted by molar-refractivity contribution is -0.161. The summed E-state index contributed by atoms with van der Waals surface area (Å²) in [5, 5.41) is 2.45. The van der Waals surface area contributed by atoms with Crippen LogP contribution in [0, 0.1) is 29.3 Å². The Morgan fingerprint density at radius 1 is 1.18 bits per heavy atom. The molecule has 192 valence electrons. The van der Waals surface area contributed by atoms with Crippen LogP contribution in [0.4, 0.5) is 18.0 Å². The predicted molar refractivity (Wildman–Crippen MR) is 118 cm³/mol. The van der Waals surface area contributed by atoms with Gasteiger partial charge in [0.05, 0.1) is 19.3 Å². The monoisotopic (exact) mass is 489 g/mol. The lowest BCUT2D eigenvalue weighted by atomic mass is 9.91. The van der Waals surface area contributed by atoms with Crippen molar-refractivity contribution in [1.29, 1.82) is 0 Å². The highest BCUT2D eigenvalue weighted by Crippen LogP contribution is 2.25. The van der Waals surface area contributed by atoms with Gasteiger partial charge in [-0.2, -0.15) is 0 Å². The van der Waals surface area contributed by atoms with Crippen molar-refractivity contribution in [1.82, 2.24) is 5.32 Å². The highest BCUT2D eigenvalue weighted by molar-refractivity contribution is 5.81. The summed E-state index contributed by atoms with van der Waals surface area (Å²) in [7, 11) is 0. The summed E-state index contributed by atoms with van der Waals surface area (Å²) < 4.78 is 63.4. The van der Waals surface area contributed by atoms with Gasteiger partial charge in [-0.15, -0.1) is 0 Å². The number of rotatable bonds is 6. The molecular formula is C24H34F3NO6. The molecule has 1 aliphatic rings. The van der Waals surface area contributed by atoms with Gasteiger partial charge in [-0.05, 0) is 57.7 Å². The van der Waals surface area contributed by atoms with Crippen molar-refractivity contribution in [3.05, 3.63) is 35.1 Å². The number of halogens is 3. The zero-order chi connectivity index (χ0) is 25.6. The van der Waals surface area contributed by atoms with Crippen LogP contribution in [0.1, 0.15) is 47.1 Å². The van der Waals surface area contributed by atoms with E-state index in [1.165, 1.54) is 0 Å². The van der Waals surface area contributed by atoms with Gasteiger partial charge in [-0.25, -0.2) is 22.8 Å². The van der Waals surface area contributed by atoms with Crippen LogP contribution in [-0.2, 0) is 30.2 Å². The molecule has 1 N–H and O–H groups in total. The fourth-order valence-electron chi connectivity index (χ4n) is 3.55. The van der Waals surface area contributed by atoms with E-state index in [2.05, 4.69) is 5.32 Å². The quantitative estimate of drug-likeness (QED) is 0.477. The van der Waals surface area contributed by atoms with Crippen molar-refractivity contribution < 1.29 is 41.7 Å². The van der Waals surface area contributed by atoms with Crippen LogP contribution in [0.15, 0.2) is 12.1 Å². The molecule has 0 aliphatic carbocycles. The Morgan fingerprint density at radius 2 is 1.79 bits per heavy atom. The van der Waals surface area contributed by atoms with Crippen molar-refractivity contribution in [2.75, 3.05) is 19.8 Å². The molecule has 0 aromatic heterocycles. The Hall–Kier alpha value is -2.33. The molecule has 1 aromatic rings. The molecule has 1 amide bonds. The average molecular weight is 490 g/mol. The maximum absolute atomic E-state index is 13.8. The van der Waals surface area contributed by atoms with Crippen molar-refractivity contribution in [2.45, 2.75) is 71.8 Å². The first-order valence-electron chi connectivity index (χ1n) is 11.3. The molecule has 0 bridgehead atoms. The summed E-state index contributed by atoms with van der Waals surface area (Å²) in [6, 6.07) is 0.727. The van der Waals surface area contributed by atoms with E-state index >= 15 is 0 Å². The molecule has 34 heavy (non-hydrogen) atoms. The molecule has 2 rings (SSSR count). The molecule has 0 saturated carbocycles. The average Bonchev–Trinajstić information content (AvgIpc) is 2.73. The largest absolute Gasteiger partial charge is 0.458 e. The number of alkyl carbamates (subject to hydrolysis) is 1. The van der Waals surface area contributed by atoms with Gasteiger partial charge in [-0.3, -0.25) is 0 Å². The Kier molecular flexibility index (Phi) is 9.75. The fraction of sp³-hybridized carbons (Fsp3) is 0.667. The van der Waals surface area contributed by atoms with Gasteiger partial charge in [0, 0.05) is 12.5 Å². The van der Waals surface area contributed by atoms with Gasteiger partial charge in [0.25, 0.3) is 0 Å². The Labute approximate surface area is 198 Å². The van der Waals surface area contributed by atoms with Crippen LogP contribution >= 0.6 is 0 Å². The number of carbonyl (C=O) groups is 2. The lowest BCUT2D eigenvalue weighted by Gasteiger charge is -2.31. The highest BCUT2D eigenvalue weighted by Gasteiger charge is 2.36. The number of hydrogen-bond donors (Lipinski definition) is 1. The van der Waals surface area contributed by atoms with Crippen molar-refractivity contribution in [2.24, 2.45) is 11.8 Å². The van der Waals surface area contributed by atoms with E-state index in [0.717, 1.165) is 12.1 Å². The van der Waals surface area contributed by atoms with E-state index < -0.39 is 59.3 Å². The molecule has 10 heteroatoms. The van der Waals surface area contributed by atoms with Gasteiger partial charge in [0.1, 0.15) is 11.7 Å². The number of carbonyl (C=O) groups excluding carboxylic acids is 2. The predicted octanol–water partition coefficient (Wildman–Crippen LogP) is 4.16. The van der Waals surface area contributed by atoms with E-state index in [9.17, 15) is 22.8 Å². The number of cyclic esters (lactones) is 1. The summed E-state index contributed by atoms with van der Waals surface area (Å²) in [5.74, 6) is -5.17. The standard InChI is InChI=1S/C24H34F3NO6/c1-13(2)10-32-21-14(3)33-22(29)19(28-23(30)34-24(4,5)6)12-31-11-16(21)7-15-8-17(25)20(27)18(26)9-15/h8-9,13-14,16,19,21H,7,10-12H2,1-6H3,(H,28,30)/t14-,16-,19-,21-/m0/s1. The van der Waals surface area contributed by atoms with Crippen molar-refractivity contribution >= 4 is 12.1 Å². The Morgan fingerprint density at radius 3 is 2.35 bits per heavy atom. The molecule has 1 heterocycles. The van der Waals surface area contributed by atoms with Crippen LogP contribution in [-0.4, -0.2) is 55.7 Å². The minimum absolute atomic E-state index is 0.0385. The van der Waals surface area contributed by atoms with E-state index in [-0.39, 0.29) is 31.1 Å². The SMILES string of the molecule is CC(C)CO[C@@H]1[C@@H](Cc2cc(F)c(F)c(F)c2)COC[C@H](NC(=O)OC(C)(C)C)C(=O)O[C@H]1C. The van der Waals surface area contributed by atoms with Gasteiger partial charge in [0.2, 0.25) is 0 Å². The minimum Gasteiger partial charge on any atom is -0.458 e. The second kappa shape index (κ2) is 11.9. The number of nitrogens with one attached hydrogen (secondary N) is 1. The first-order valence-corrected chi connectivity index (χ1v) is 11.3. The molecule has 4 atom stereocenters. The second-order valence-corrected chi connectivity index (χ2v) is 9.91. The summed E-state index contributed by atoms with van der Waals surface area (Å²) in [6.07, 6.45) is -2.16.